The fraction of sp³-hybridized carbons (Fsp3) is 0.455. The molecule has 1 aliphatic carbocycles. The molecule has 1 saturated carbocycles. The normalized spacial score (nSPS) is 15.0. The van der Waals surface area contributed by atoms with Crippen LogP contribution in [0.3, 0.4) is 0 Å². The Balaban J connectivity index is 2.20. The van der Waals surface area contributed by atoms with Gasteiger partial charge in [0.25, 0.3) is 6.43 Å². The number of aromatic nitrogens is 1. The van der Waals surface area contributed by atoms with Gasteiger partial charge in [-0.2, -0.15) is 0 Å². The molecule has 0 unspecified atom stereocenters. The van der Waals surface area contributed by atoms with Gasteiger partial charge in [0.15, 0.2) is 0 Å². The molecule has 0 aliphatic heterocycles. The van der Waals surface area contributed by atoms with Crippen molar-refractivity contribution in [2.75, 3.05) is 6.61 Å². The van der Waals surface area contributed by atoms with Crippen LogP contribution < -0.4 is 4.74 Å². The molecule has 0 bridgehead atoms. The van der Waals surface area contributed by atoms with Gasteiger partial charge in [-0.25, -0.2) is 18.6 Å². The van der Waals surface area contributed by atoms with Gasteiger partial charge < -0.3 is 9.84 Å². The highest BCUT2D eigenvalue weighted by atomic mass is 19.3. The highest BCUT2D eigenvalue weighted by Crippen LogP contribution is 2.32. The van der Waals surface area contributed by atoms with Gasteiger partial charge in [0.1, 0.15) is 0 Å². The number of carboxylic acid groups (broad SMARTS) is 1. The smallest absolute Gasteiger partial charge is 0.337 e. The third-order valence-electron chi connectivity index (χ3n) is 2.51. The summed E-state index contributed by atoms with van der Waals surface area (Å²) in [6, 6.07) is 0.905. The number of rotatable bonds is 5. The molecule has 1 heterocycles. The summed E-state index contributed by atoms with van der Waals surface area (Å²) in [7, 11) is 0. The third-order valence-corrected chi connectivity index (χ3v) is 2.51. The lowest BCUT2D eigenvalue weighted by Gasteiger charge is -2.09. The summed E-state index contributed by atoms with van der Waals surface area (Å²) in [5.41, 5.74) is -0.732. The maximum absolute atomic E-state index is 12.7. The van der Waals surface area contributed by atoms with Crippen molar-refractivity contribution in [3.05, 3.63) is 23.4 Å². The monoisotopic (exact) mass is 243 g/mol. The number of pyridine rings is 1. The van der Waals surface area contributed by atoms with Crippen LogP contribution in [0.4, 0.5) is 8.78 Å². The van der Waals surface area contributed by atoms with E-state index in [-0.39, 0.29) is 11.4 Å². The first kappa shape index (κ1) is 11.8. The molecule has 17 heavy (non-hydrogen) atoms. The lowest BCUT2D eigenvalue weighted by molar-refractivity contribution is 0.0695. The fourth-order valence-electron chi connectivity index (χ4n) is 1.34. The van der Waals surface area contributed by atoms with E-state index in [1.165, 1.54) is 0 Å². The van der Waals surface area contributed by atoms with E-state index in [0.29, 0.717) is 12.5 Å². The van der Waals surface area contributed by atoms with Gasteiger partial charge in [-0.05, 0) is 24.8 Å². The number of hydrogen-bond donors (Lipinski definition) is 1. The first-order valence-corrected chi connectivity index (χ1v) is 5.22. The Hall–Kier alpha value is -1.72. The van der Waals surface area contributed by atoms with E-state index in [1.807, 2.05) is 0 Å². The van der Waals surface area contributed by atoms with E-state index >= 15 is 0 Å². The molecule has 1 aromatic heterocycles. The Labute approximate surface area is 96.2 Å². The summed E-state index contributed by atoms with van der Waals surface area (Å²) < 4.78 is 30.6. The zero-order chi connectivity index (χ0) is 12.4. The predicted octanol–water partition coefficient (Wildman–Crippen LogP) is 2.51. The maximum Gasteiger partial charge on any atom is 0.337 e. The lowest BCUT2D eigenvalue weighted by Crippen LogP contribution is -2.06. The molecule has 4 nitrogen and oxygen atoms in total. The van der Waals surface area contributed by atoms with Crippen molar-refractivity contribution in [2.24, 2.45) is 5.92 Å². The predicted molar refractivity (Wildman–Crippen MR) is 54.4 cm³/mol. The number of carbonyl (C=O) groups is 1. The summed E-state index contributed by atoms with van der Waals surface area (Å²) in [4.78, 5) is 14.3. The van der Waals surface area contributed by atoms with Crippen molar-refractivity contribution in [1.29, 1.82) is 0 Å². The van der Waals surface area contributed by atoms with Crippen molar-refractivity contribution >= 4 is 5.97 Å². The molecule has 1 fully saturated rings. The SMILES string of the molecule is O=C(O)c1cnc(OCC2CC2)c(C(F)F)c1. The van der Waals surface area contributed by atoms with Crippen LogP contribution in [0, 0.1) is 5.92 Å². The largest absolute Gasteiger partial charge is 0.478 e. The highest BCUT2D eigenvalue weighted by Gasteiger charge is 2.24. The van der Waals surface area contributed by atoms with Crippen LogP contribution in [-0.2, 0) is 0 Å². The minimum atomic E-state index is -2.80. The van der Waals surface area contributed by atoms with Crippen LogP contribution in [-0.4, -0.2) is 22.7 Å². The second-order valence-electron chi connectivity index (χ2n) is 3.98. The molecule has 1 aliphatic rings. The fourth-order valence-corrected chi connectivity index (χ4v) is 1.34. The van der Waals surface area contributed by atoms with Gasteiger partial charge in [-0.15, -0.1) is 0 Å². The Morgan fingerprint density at radius 1 is 1.59 bits per heavy atom. The number of nitrogens with zero attached hydrogens (tertiary/aromatic N) is 1. The van der Waals surface area contributed by atoms with Crippen molar-refractivity contribution in [1.82, 2.24) is 4.98 Å². The molecular formula is C11H11F2NO3. The van der Waals surface area contributed by atoms with Crippen molar-refractivity contribution in [3.8, 4) is 5.88 Å². The molecule has 2 rings (SSSR count). The van der Waals surface area contributed by atoms with Crippen LogP contribution in [0.2, 0.25) is 0 Å². The van der Waals surface area contributed by atoms with Gasteiger partial charge in [0.05, 0.1) is 17.7 Å². The van der Waals surface area contributed by atoms with Crippen LogP contribution >= 0.6 is 0 Å². The molecule has 92 valence electrons. The molecule has 6 heteroatoms. The van der Waals surface area contributed by atoms with E-state index in [4.69, 9.17) is 9.84 Å². The van der Waals surface area contributed by atoms with E-state index < -0.39 is 18.0 Å². The van der Waals surface area contributed by atoms with Crippen LogP contribution in [0.5, 0.6) is 5.88 Å². The Kier molecular flexibility index (Phi) is 3.21. The topological polar surface area (TPSA) is 59.4 Å². The molecule has 0 radical (unpaired) electrons. The number of aromatic carboxylic acids is 1. The first-order valence-electron chi connectivity index (χ1n) is 5.22. The van der Waals surface area contributed by atoms with E-state index in [9.17, 15) is 13.6 Å². The Morgan fingerprint density at radius 3 is 2.82 bits per heavy atom. The minimum Gasteiger partial charge on any atom is -0.478 e. The maximum atomic E-state index is 12.7. The van der Waals surface area contributed by atoms with Crippen LogP contribution in [0.25, 0.3) is 0 Å². The van der Waals surface area contributed by atoms with Gasteiger partial charge in [-0.3, -0.25) is 0 Å². The molecule has 0 saturated heterocycles. The van der Waals surface area contributed by atoms with Crippen molar-refractivity contribution in [2.45, 2.75) is 19.3 Å². The molecule has 0 amide bonds. The van der Waals surface area contributed by atoms with Crippen molar-refractivity contribution < 1.29 is 23.4 Å². The van der Waals surface area contributed by atoms with Crippen molar-refractivity contribution in [3.63, 3.8) is 0 Å². The van der Waals surface area contributed by atoms with Gasteiger partial charge in [0.2, 0.25) is 5.88 Å². The summed E-state index contributed by atoms with van der Waals surface area (Å²) in [5, 5.41) is 8.68. The summed E-state index contributed by atoms with van der Waals surface area (Å²) in [6.07, 6.45) is 0.307. The second-order valence-corrected chi connectivity index (χ2v) is 3.98. The quantitative estimate of drug-likeness (QED) is 0.863. The molecule has 0 aromatic carbocycles. The molecular weight excluding hydrogens is 232 g/mol. The molecule has 0 atom stereocenters. The van der Waals surface area contributed by atoms with Gasteiger partial charge >= 0.3 is 5.97 Å². The number of ether oxygens (including phenoxy) is 1. The molecule has 1 N–H and O–H groups in total. The number of carboxylic acids is 1. The highest BCUT2D eigenvalue weighted by molar-refractivity contribution is 5.87. The Morgan fingerprint density at radius 2 is 2.29 bits per heavy atom. The van der Waals surface area contributed by atoms with Gasteiger partial charge in [0, 0.05) is 6.20 Å². The zero-order valence-corrected chi connectivity index (χ0v) is 8.90. The first-order chi connectivity index (χ1) is 8.08. The Bertz CT molecular complexity index is 433. The number of halogens is 2. The van der Waals surface area contributed by atoms with Crippen LogP contribution in [0.1, 0.15) is 35.2 Å². The molecule has 1 aromatic rings. The third kappa shape index (κ3) is 2.89. The summed E-state index contributed by atoms with van der Waals surface area (Å²) in [5.74, 6) is -1.04. The standard InChI is InChI=1S/C11H11F2NO3/c12-9(13)8-3-7(11(15)16)4-14-10(8)17-5-6-1-2-6/h3-4,6,9H,1-2,5H2,(H,15,16). The minimum absolute atomic E-state index is 0.170. The lowest BCUT2D eigenvalue weighted by atomic mass is 10.2. The zero-order valence-electron chi connectivity index (χ0n) is 8.90. The van der Waals surface area contributed by atoms with E-state index in [1.54, 1.807) is 0 Å². The van der Waals surface area contributed by atoms with E-state index in [0.717, 1.165) is 25.1 Å². The summed E-state index contributed by atoms with van der Waals surface area (Å²) >= 11 is 0. The second kappa shape index (κ2) is 4.65. The average Bonchev–Trinajstić information content (AvgIpc) is 3.09. The van der Waals surface area contributed by atoms with Gasteiger partial charge in [-0.1, -0.05) is 0 Å². The average molecular weight is 243 g/mol. The molecule has 0 spiro atoms. The summed E-state index contributed by atoms with van der Waals surface area (Å²) in [6.45, 7) is 0.360. The number of hydrogen-bond acceptors (Lipinski definition) is 3. The van der Waals surface area contributed by atoms with E-state index in [2.05, 4.69) is 4.98 Å². The van der Waals surface area contributed by atoms with Crippen LogP contribution in [0.15, 0.2) is 12.3 Å². The number of alkyl halides is 2.